The van der Waals surface area contributed by atoms with Crippen molar-refractivity contribution in [1.82, 2.24) is 4.31 Å². The fraction of sp³-hybridized carbons (Fsp3) is 0.364. The number of nitrogens with one attached hydrogen (secondary N) is 2. The van der Waals surface area contributed by atoms with Crippen LogP contribution in [0.1, 0.15) is 26.3 Å². The van der Waals surface area contributed by atoms with E-state index >= 15 is 0 Å². The molecule has 0 fully saturated rings. The molecular weight excluding hydrogens is 432 g/mol. The molecule has 2 N–H and O–H groups in total. The number of hydrogen-bond acceptors (Lipinski definition) is 7. The molecule has 0 bridgehead atoms. The van der Waals surface area contributed by atoms with E-state index in [4.69, 9.17) is 14.7 Å². The van der Waals surface area contributed by atoms with Crippen molar-refractivity contribution in [2.24, 2.45) is 0 Å². The van der Waals surface area contributed by atoms with Gasteiger partial charge in [0.25, 0.3) is 0 Å². The van der Waals surface area contributed by atoms with Crippen molar-refractivity contribution in [3.8, 4) is 17.6 Å². The van der Waals surface area contributed by atoms with Crippen LogP contribution in [0.25, 0.3) is 0 Å². The summed E-state index contributed by atoms with van der Waals surface area (Å²) in [5.41, 5.74) is 1.17. The molecule has 0 aromatic heterocycles. The smallest absolute Gasteiger partial charge is 0.243 e. The Bertz CT molecular complexity index is 1090. The summed E-state index contributed by atoms with van der Waals surface area (Å²) in [7, 11) is -2.26. The molecule has 0 unspecified atom stereocenters. The number of amides is 1. The molecule has 0 atom stereocenters. The van der Waals surface area contributed by atoms with Crippen LogP contribution < -0.4 is 20.1 Å². The molecule has 0 aliphatic heterocycles. The number of nitrogens with zero attached hydrogens (tertiary/aromatic N) is 2. The minimum atomic E-state index is -3.70. The molecule has 0 aliphatic carbocycles. The first-order chi connectivity index (χ1) is 15.3. The van der Waals surface area contributed by atoms with Crippen molar-refractivity contribution < 1.29 is 22.7 Å². The van der Waals surface area contributed by atoms with Crippen molar-refractivity contribution in [3.05, 3.63) is 42.0 Å². The summed E-state index contributed by atoms with van der Waals surface area (Å²) < 4.78 is 37.8. The lowest BCUT2D eigenvalue weighted by atomic mass is 10.2. The van der Waals surface area contributed by atoms with Crippen LogP contribution in [-0.2, 0) is 14.8 Å². The van der Waals surface area contributed by atoms with E-state index < -0.39 is 15.9 Å². The SMILES string of the molecule is CCOc1ccc(C#N)cc1NCC(=O)Nc1cc(S(=O)(=O)N(CC)CC)ccc1OC. The number of hydrogen-bond donors (Lipinski definition) is 2. The molecule has 10 heteroatoms. The molecule has 32 heavy (non-hydrogen) atoms. The van der Waals surface area contributed by atoms with Gasteiger partial charge in [0, 0.05) is 13.1 Å². The van der Waals surface area contributed by atoms with Gasteiger partial charge in [-0.1, -0.05) is 13.8 Å². The normalized spacial score (nSPS) is 11.0. The van der Waals surface area contributed by atoms with E-state index in [0.29, 0.717) is 42.4 Å². The summed E-state index contributed by atoms with van der Waals surface area (Å²) in [4.78, 5) is 12.7. The van der Waals surface area contributed by atoms with E-state index in [1.807, 2.05) is 13.0 Å². The minimum absolute atomic E-state index is 0.0608. The van der Waals surface area contributed by atoms with Gasteiger partial charge in [0.15, 0.2) is 0 Å². The second-order valence-corrected chi connectivity index (χ2v) is 8.55. The minimum Gasteiger partial charge on any atom is -0.495 e. The molecule has 2 rings (SSSR count). The van der Waals surface area contributed by atoms with E-state index in [1.165, 1.54) is 29.6 Å². The number of anilines is 2. The lowest BCUT2D eigenvalue weighted by molar-refractivity contribution is -0.114. The van der Waals surface area contributed by atoms with Gasteiger partial charge in [-0.25, -0.2) is 8.42 Å². The molecule has 0 saturated heterocycles. The predicted octanol–water partition coefficient (Wildman–Crippen LogP) is 3.05. The molecule has 2 aromatic rings. The molecule has 172 valence electrons. The second-order valence-electron chi connectivity index (χ2n) is 6.61. The van der Waals surface area contributed by atoms with Crippen LogP contribution in [0.15, 0.2) is 41.3 Å². The average molecular weight is 461 g/mol. The van der Waals surface area contributed by atoms with Crippen LogP contribution in [-0.4, -0.2) is 52.0 Å². The third-order valence-corrected chi connectivity index (χ3v) is 6.68. The Morgan fingerprint density at radius 1 is 1.06 bits per heavy atom. The highest BCUT2D eigenvalue weighted by Crippen LogP contribution is 2.29. The maximum atomic E-state index is 12.8. The highest BCUT2D eigenvalue weighted by Gasteiger charge is 2.23. The molecule has 0 heterocycles. The molecular formula is C22H28N4O5S. The zero-order valence-electron chi connectivity index (χ0n) is 18.6. The number of methoxy groups -OCH3 is 1. The summed E-state index contributed by atoms with van der Waals surface area (Å²) in [6, 6.07) is 11.3. The zero-order chi connectivity index (χ0) is 23.7. The van der Waals surface area contributed by atoms with E-state index in [0.717, 1.165) is 0 Å². The summed E-state index contributed by atoms with van der Waals surface area (Å²) >= 11 is 0. The van der Waals surface area contributed by atoms with Crippen LogP contribution >= 0.6 is 0 Å². The number of rotatable bonds is 11. The Morgan fingerprint density at radius 3 is 2.34 bits per heavy atom. The Morgan fingerprint density at radius 2 is 1.75 bits per heavy atom. The van der Waals surface area contributed by atoms with Crippen molar-refractivity contribution >= 4 is 27.3 Å². The van der Waals surface area contributed by atoms with Crippen LogP contribution in [0.2, 0.25) is 0 Å². The highest BCUT2D eigenvalue weighted by atomic mass is 32.2. The summed E-state index contributed by atoms with van der Waals surface area (Å²) in [6.07, 6.45) is 0. The van der Waals surface area contributed by atoms with Crippen molar-refractivity contribution in [2.45, 2.75) is 25.7 Å². The van der Waals surface area contributed by atoms with Gasteiger partial charge in [-0.3, -0.25) is 4.79 Å². The van der Waals surface area contributed by atoms with Crippen molar-refractivity contribution in [1.29, 1.82) is 5.26 Å². The molecule has 2 aromatic carbocycles. The first-order valence-corrected chi connectivity index (χ1v) is 11.6. The Balaban J connectivity index is 2.22. The molecule has 0 radical (unpaired) electrons. The van der Waals surface area contributed by atoms with Crippen molar-refractivity contribution in [3.63, 3.8) is 0 Å². The monoisotopic (exact) mass is 460 g/mol. The largest absolute Gasteiger partial charge is 0.495 e. The first kappa shape index (κ1) is 25.0. The number of carbonyl (C=O) groups is 1. The maximum Gasteiger partial charge on any atom is 0.243 e. The Labute approximate surface area is 189 Å². The average Bonchev–Trinajstić information content (AvgIpc) is 2.79. The van der Waals surface area contributed by atoms with Gasteiger partial charge in [0.1, 0.15) is 11.5 Å². The van der Waals surface area contributed by atoms with Gasteiger partial charge >= 0.3 is 0 Å². The predicted molar refractivity (Wildman–Crippen MR) is 123 cm³/mol. The van der Waals surface area contributed by atoms with Gasteiger partial charge in [0.2, 0.25) is 15.9 Å². The second kappa shape index (κ2) is 11.4. The number of carbonyl (C=O) groups excluding carboxylic acids is 1. The lowest BCUT2D eigenvalue weighted by Crippen LogP contribution is -2.30. The van der Waals surface area contributed by atoms with Gasteiger partial charge < -0.3 is 20.1 Å². The van der Waals surface area contributed by atoms with Gasteiger partial charge in [-0.15, -0.1) is 0 Å². The van der Waals surface area contributed by atoms with Crippen LogP contribution in [0.5, 0.6) is 11.5 Å². The van der Waals surface area contributed by atoms with Crippen LogP contribution in [0.3, 0.4) is 0 Å². The van der Waals surface area contributed by atoms with E-state index in [2.05, 4.69) is 10.6 Å². The fourth-order valence-corrected chi connectivity index (χ4v) is 4.53. The molecule has 0 saturated carbocycles. The number of benzene rings is 2. The Kier molecular flexibility index (Phi) is 8.87. The molecule has 1 amide bonds. The number of nitriles is 1. The molecule has 0 aliphatic rings. The van der Waals surface area contributed by atoms with Crippen LogP contribution in [0, 0.1) is 11.3 Å². The maximum absolute atomic E-state index is 12.8. The third-order valence-electron chi connectivity index (χ3n) is 4.64. The van der Waals surface area contributed by atoms with E-state index in [-0.39, 0.29) is 17.1 Å². The van der Waals surface area contributed by atoms with E-state index in [1.54, 1.807) is 32.0 Å². The molecule has 0 spiro atoms. The zero-order valence-corrected chi connectivity index (χ0v) is 19.5. The third kappa shape index (κ3) is 5.90. The standard InChI is InChI=1S/C22H28N4O5S/c1-5-26(6-2)32(28,29)17-9-11-20(30-4)19(13-17)25-22(27)15-24-18-12-16(14-23)8-10-21(18)31-7-3/h8-13,24H,5-7,15H2,1-4H3,(H,25,27). The summed E-state index contributed by atoms with van der Waals surface area (Å²) in [5, 5.41) is 14.8. The lowest BCUT2D eigenvalue weighted by Gasteiger charge is -2.20. The van der Waals surface area contributed by atoms with Crippen LogP contribution in [0.4, 0.5) is 11.4 Å². The fourth-order valence-electron chi connectivity index (χ4n) is 3.05. The summed E-state index contributed by atoms with van der Waals surface area (Å²) in [5.74, 6) is 0.424. The first-order valence-electron chi connectivity index (χ1n) is 10.2. The number of sulfonamides is 1. The highest BCUT2D eigenvalue weighted by molar-refractivity contribution is 7.89. The summed E-state index contributed by atoms with van der Waals surface area (Å²) in [6.45, 7) is 6.32. The number of ether oxygens (including phenoxy) is 2. The topological polar surface area (TPSA) is 121 Å². The van der Waals surface area contributed by atoms with Crippen molar-refractivity contribution in [2.75, 3.05) is 44.0 Å². The van der Waals surface area contributed by atoms with Gasteiger partial charge in [-0.05, 0) is 43.3 Å². The van der Waals surface area contributed by atoms with E-state index in [9.17, 15) is 13.2 Å². The quantitative estimate of drug-likeness (QED) is 0.529. The van der Waals surface area contributed by atoms with Gasteiger partial charge in [0.05, 0.1) is 48.2 Å². The Hall–Kier alpha value is -3.29. The van der Waals surface area contributed by atoms with Gasteiger partial charge in [-0.2, -0.15) is 9.57 Å². The molecule has 9 nitrogen and oxygen atoms in total.